The second-order valence-electron chi connectivity index (χ2n) is 7.77. The van der Waals surface area contributed by atoms with Gasteiger partial charge in [0.2, 0.25) is 0 Å². The van der Waals surface area contributed by atoms with Crippen molar-refractivity contribution in [2.24, 2.45) is 12.0 Å². The summed E-state index contributed by atoms with van der Waals surface area (Å²) in [7, 11) is 1.88. The molecule has 1 aromatic carbocycles. The van der Waals surface area contributed by atoms with E-state index in [-0.39, 0.29) is 12.5 Å². The Balaban J connectivity index is 1.42. The summed E-state index contributed by atoms with van der Waals surface area (Å²) in [6.45, 7) is 10.0. The highest BCUT2D eigenvalue weighted by atomic mass is 16.1. The Bertz CT molecular complexity index is 1420. The molecule has 36 heavy (non-hydrogen) atoms. The highest BCUT2D eigenvalue weighted by Crippen LogP contribution is 2.17. The van der Waals surface area contributed by atoms with Crippen molar-refractivity contribution in [2.75, 3.05) is 11.9 Å². The van der Waals surface area contributed by atoms with Gasteiger partial charge in [-0.2, -0.15) is 0 Å². The van der Waals surface area contributed by atoms with Gasteiger partial charge >= 0.3 is 0 Å². The summed E-state index contributed by atoms with van der Waals surface area (Å²) in [5.41, 5.74) is 2.69. The molecule has 0 unspecified atom stereocenters. The number of nitrogens with one attached hydrogen (secondary N) is 2. The molecule has 4 rings (SSSR count). The standard InChI is InChI=1S/C25H26N10O/c1-5-18(23(26-3)35-12-11-28-17(35)2)14-30-25(36)19-7-6-8-20(13-19)29-15-22-32-33-24(34(22)4)21-9-10-27-16-31-21/h5-13,16,29H,1,3,14-15H2,2,4H3,(H,30,36)/b23-18-. The van der Waals surface area contributed by atoms with Crippen LogP contribution in [0.3, 0.4) is 0 Å². The molecule has 11 nitrogen and oxygen atoms in total. The van der Waals surface area contributed by atoms with E-state index >= 15 is 0 Å². The first-order valence-electron chi connectivity index (χ1n) is 11.1. The lowest BCUT2D eigenvalue weighted by Gasteiger charge is -2.12. The van der Waals surface area contributed by atoms with Crippen molar-refractivity contribution in [2.45, 2.75) is 13.5 Å². The highest BCUT2D eigenvalue weighted by molar-refractivity contribution is 5.95. The number of hydrogen-bond donors (Lipinski definition) is 2. The van der Waals surface area contributed by atoms with E-state index < -0.39 is 0 Å². The zero-order valence-electron chi connectivity index (χ0n) is 20.1. The number of aryl methyl sites for hydroxylation is 1. The van der Waals surface area contributed by atoms with E-state index in [9.17, 15) is 4.79 Å². The molecule has 0 bridgehead atoms. The Labute approximate surface area is 208 Å². The normalized spacial score (nSPS) is 11.5. The lowest BCUT2D eigenvalue weighted by Crippen LogP contribution is -2.26. The third kappa shape index (κ3) is 5.25. The molecule has 0 aliphatic rings. The van der Waals surface area contributed by atoms with E-state index in [0.717, 1.165) is 22.9 Å². The molecule has 0 atom stereocenters. The fourth-order valence-electron chi connectivity index (χ4n) is 3.57. The summed E-state index contributed by atoms with van der Waals surface area (Å²) in [5.74, 6) is 2.47. The van der Waals surface area contributed by atoms with Crippen LogP contribution in [0, 0.1) is 6.92 Å². The molecule has 11 heteroatoms. The van der Waals surface area contributed by atoms with E-state index in [2.05, 4.69) is 54.1 Å². The molecular weight excluding hydrogens is 456 g/mol. The van der Waals surface area contributed by atoms with Gasteiger partial charge in [-0.3, -0.25) is 9.36 Å². The number of rotatable bonds is 10. The average Bonchev–Trinajstić information content (AvgIpc) is 3.50. The van der Waals surface area contributed by atoms with E-state index in [1.807, 2.05) is 30.7 Å². The number of aliphatic imine (C=N–C) groups is 1. The SMILES string of the molecule is C=C/C(CNC(=O)c1cccc(NCc2nnc(-c3ccncn3)n2C)c1)=C(\N=C)n1ccnc1C. The average molecular weight is 483 g/mol. The number of nitrogens with zero attached hydrogens (tertiary/aromatic N) is 8. The van der Waals surface area contributed by atoms with E-state index in [1.54, 1.807) is 47.4 Å². The minimum Gasteiger partial charge on any atom is -0.378 e. The Morgan fingerprint density at radius 1 is 1.19 bits per heavy atom. The summed E-state index contributed by atoms with van der Waals surface area (Å²) in [6.07, 6.45) is 8.24. The monoisotopic (exact) mass is 482 g/mol. The van der Waals surface area contributed by atoms with Crippen LogP contribution in [-0.4, -0.2) is 53.5 Å². The number of anilines is 1. The molecule has 0 radical (unpaired) electrons. The number of carbonyl (C=O) groups is 1. The van der Waals surface area contributed by atoms with Crippen LogP contribution < -0.4 is 10.6 Å². The summed E-state index contributed by atoms with van der Waals surface area (Å²) in [6, 6.07) is 9.01. The van der Waals surface area contributed by atoms with Crippen molar-refractivity contribution in [1.29, 1.82) is 0 Å². The first-order chi connectivity index (χ1) is 17.5. The second-order valence-corrected chi connectivity index (χ2v) is 7.77. The van der Waals surface area contributed by atoms with Crippen molar-refractivity contribution >= 4 is 24.1 Å². The van der Waals surface area contributed by atoms with Gasteiger partial charge in [0.1, 0.15) is 23.7 Å². The van der Waals surface area contributed by atoms with Crippen LogP contribution in [0.2, 0.25) is 0 Å². The van der Waals surface area contributed by atoms with Crippen LogP contribution in [0.4, 0.5) is 5.69 Å². The third-order valence-corrected chi connectivity index (χ3v) is 5.53. The second kappa shape index (κ2) is 11.0. The molecule has 2 N–H and O–H groups in total. The number of imidazole rings is 1. The topological polar surface area (TPSA) is 128 Å². The molecule has 0 spiro atoms. The fourth-order valence-corrected chi connectivity index (χ4v) is 3.57. The van der Waals surface area contributed by atoms with E-state index in [1.165, 1.54) is 6.33 Å². The Hall–Kier alpha value is -4.93. The van der Waals surface area contributed by atoms with Crippen molar-refractivity contribution < 1.29 is 4.79 Å². The summed E-state index contributed by atoms with van der Waals surface area (Å²) in [5, 5.41) is 14.7. The summed E-state index contributed by atoms with van der Waals surface area (Å²) >= 11 is 0. The molecule has 0 aliphatic heterocycles. The molecule has 0 aliphatic carbocycles. The summed E-state index contributed by atoms with van der Waals surface area (Å²) < 4.78 is 3.66. The van der Waals surface area contributed by atoms with Gasteiger partial charge in [-0.15, -0.1) is 10.2 Å². The van der Waals surface area contributed by atoms with Crippen LogP contribution in [-0.2, 0) is 13.6 Å². The maximum absolute atomic E-state index is 12.9. The van der Waals surface area contributed by atoms with Crippen LogP contribution in [0.25, 0.3) is 17.3 Å². The van der Waals surface area contributed by atoms with Gasteiger partial charge in [0.05, 0.1) is 6.54 Å². The van der Waals surface area contributed by atoms with Gasteiger partial charge in [0.25, 0.3) is 5.91 Å². The number of aromatic nitrogens is 7. The Morgan fingerprint density at radius 2 is 2.06 bits per heavy atom. The van der Waals surface area contributed by atoms with Crippen molar-refractivity contribution in [3.05, 3.63) is 90.7 Å². The minimum absolute atomic E-state index is 0.228. The zero-order chi connectivity index (χ0) is 25.5. The van der Waals surface area contributed by atoms with Gasteiger partial charge in [0.15, 0.2) is 11.6 Å². The van der Waals surface area contributed by atoms with Gasteiger partial charge in [-0.1, -0.05) is 18.7 Å². The van der Waals surface area contributed by atoms with Gasteiger partial charge in [-0.05, 0) is 37.9 Å². The van der Waals surface area contributed by atoms with Crippen LogP contribution in [0.1, 0.15) is 22.0 Å². The van der Waals surface area contributed by atoms with Crippen LogP contribution in [0.15, 0.2) is 78.5 Å². The quantitative estimate of drug-likeness (QED) is 0.263. The van der Waals surface area contributed by atoms with E-state index in [4.69, 9.17) is 0 Å². The number of benzene rings is 1. The molecular formula is C25H26N10O. The maximum Gasteiger partial charge on any atom is 0.251 e. The van der Waals surface area contributed by atoms with Crippen LogP contribution in [0.5, 0.6) is 0 Å². The molecule has 4 aromatic rings. The van der Waals surface area contributed by atoms with Crippen molar-refractivity contribution in [3.63, 3.8) is 0 Å². The predicted octanol–water partition coefficient (Wildman–Crippen LogP) is 2.87. The summed E-state index contributed by atoms with van der Waals surface area (Å²) in [4.78, 5) is 29.3. The zero-order valence-corrected chi connectivity index (χ0v) is 20.1. The lowest BCUT2D eigenvalue weighted by atomic mass is 10.1. The molecule has 182 valence electrons. The lowest BCUT2D eigenvalue weighted by molar-refractivity contribution is 0.0957. The van der Waals surface area contributed by atoms with E-state index in [0.29, 0.717) is 29.4 Å². The van der Waals surface area contributed by atoms with Crippen LogP contribution >= 0.6 is 0 Å². The van der Waals surface area contributed by atoms with Gasteiger partial charge in [-0.25, -0.2) is 19.9 Å². The molecule has 0 saturated carbocycles. The predicted molar refractivity (Wildman–Crippen MR) is 138 cm³/mol. The molecule has 0 saturated heterocycles. The first kappa shape index (κ1) is 24.2. The van der Waals surface area contributed by atoms with Gasteiger partial charge in [0, 0.05) is 49.0 Å². The molecule has 3 aromatic heterocycles. The van der Waals surface area contributed by atoms with Crippen molar-refractivity contribution in [1.82, 2.24) is 39.6 Å². The largest absolute Gasteiger partial charge is 0.378 e. The Kier molecular flexibility index (Phi) is 7.39. The third-order valence-electron chi connectivity index (χ3n) is 5.53. The first-order valence-corrected chi connectivity index (χ1v) is 11.1. The molecule has 1 amide bonds. The number of hydrogen-bond acceptors (Lipinski definition) is 8. The maximum atomic E-state index is 12.9. The number of amides is 1. The fraction of sp³-hybridized carbons (Fsp3) is 0.160. The number of carbonyl (C=O) groups excluding carboxylic acids is 1. The smallest absolute Gasteiger partial charge is 0.251 e. The Morgan fingerprint density at radius 3 is 2.75 bits per heavy atom. The molecule has 3 heterocycles. The molecule has 0 fully saturated rings. The van der Waals surface area contributed by atoms with Crippen molar-refractivity contribution in [3.8, 4) is 11.5 Å². The highest BCUT2D eigenvalue weighted by Gasteiger charge is 2.13. The van der Waals surface area contributed by atoms with Gasteiger partial charge < -0.3 is 15.2 Å². The minimum atomic E-state index is -0.228.